The third-order valence-corrected chi connectivity index (χ3v) is 13.4. The van der Waals surface area contributed by atoms with E-state index in [1.165, 1.54) is 42.1 Å². The second kappa shape index (κ2) is 14.2. The minimum atomic E-state index is 0.579. The van der Waals surface area contributed by atoms with Crippen LogP contribution in [-0.2, 0) is 0 Å². The van der Waals surface area contributed by atoms with Crippen LogP contribution in [0.1, 0.15) is 0 Å². The Hall–Kier alpha value is -8.19. The highest BCUT2D eigenvalue weighted by Gasteiger charge is 2.22. The molecule has 0 spiro atoms. The van der Waals surface area contributed by atoms with Gasteiger partial charge < -0.3 is 8.98 Å². The van der Waals surface area contributed by atoms with Crippen LogP contribution < -0.4 is 0 Å². The van der Waals surface area contributed by atoms with Crippen molar-refractivity contribution in [1.29, 1.82) is 0 Å². The van der Waals surface area contributed by atoms with Crippen LogP contribution in [0, 0.1) is 0 Å². The second-order valence-electron chi connectivity index (χ2n) is 15.9. The van der Waals surface area contributed by atoms with E-state index in [0.717, 1.165) is 66.5 Å². The van der Waals surface area contributed by atoms with Crippen molar-refractivity contribution in [3.8, 4) is 62.1 Å². The number of hydrogen-bond acceptors (Lipinski definition) is 5. The van der Waals surface area contributed by atoms with Crippen molar-refractivity contribution < 1.29 is 4.42 Å². The highest BCUT2D eigenvalue weighted by Crippen LogP contribution is 2.44. The molecule has 0 radical (unpaired) electrons. The lowest BCUT2D eigenvalue weighted by Crippen LogP contribution is -2.01. The van der Waals surface area contributed by atoms with E-state index in [1.807, 2.05) is 18.2 Å². The molecule has 13 aromatic rings. The van der Waals surface area contributed by atoms with Gasteiger partial charge >= 0.3 is 0 Å². The topological polar surface area (TPSA) is 56.7 Å². The molecule has 0 aliphatic carbocycles. The first kappa shape index (κ1) is 35.6. The molecular formula is C57H34N4OS. The molecule has 13 rings (SSSR count). The van der Waals surface area contributed by atoms with Crippen LogP contribution in [0.4, 0.5) is 0 Å². The molecule has 0 amide bonds. The highest BCUT2D eigenvalue weighted by molar-refractivity contribution is 7.26. The summed E-state index contributed by atoms with van der Waals surface area (Å²) in [4.78, 5) is 15.9. The summed E-state index contributed by atoms with van der Waals surface area (Å²) in [6.07, 6.45) is 0. The van der Waals surface area contributed by atoms with Gasteiger partial charge in [0.15, 0.2) is 17.5 Å². The minimum Gasteiger partial charge on any atom is -0.456 e. The van der Waals surface area contributed by atoms with E-state index in [9.17, 15) is 0 Å². The Morgan fingerprint density at radius 2 is 0.905 bits per heavy atom. The number of benzene rings is 9. The molecule has 0 atom stereocenters. The van der Waals surface area contributed by atoms with Gasteiger partial charge in [0.1, 0.15) is 11.2 Å². The molecule has 0 aliphatic rings. The lowest BCUT2D eigenvalue weighted by Gasteiger charge is -2.12. The number of hydrogen-bond donors (Lipinski definition) is 0. The van der Waals surface area contributed by atoms with Crippen molar-refractivity contribution in [2.45, 2.75) is 0 Å². The number of aromatic nitrogens is 4. The standard InChI is InChI=1S/C57H34N4OS/c1-3-14-35(15-4-1)36-28-30-38(31-29-36)55-58-56(39-32-33-43-51(34-39)63-50-27-12-20-40(52(43)50)37-16-5-2-6-17-37)60-57(59-55)44-21-11-25-48-53(44)54-47(24-13-26-49(54)62-48)61-45-22-9-7-18-41(45)42-19-8-10-23-46(42)61/h1-34H. The molecule has 294 valence electrons. The van der Waals surface area contributed by atoms with Crippen LogP contribution in [0.15, 0.2) is 211 Å². The van der Waals surface area contributed by atoms with Crippen LogP contribution in [0.25, 0.3) is 126 Å². The van der Waals surface area contributed by atoms with Crippen molar-refractivity contribution in [2.24, 2.45) is 0 Å². The second-order valence-corrected chi connectivity index (χ2v) is 17.0. The first-order valence-corrected chi connectivity index (χ1v) is 21.9. The van der Waals surface area contributed by atoms with Gasteiger partial charge in [-0.15, -0.1) is 11.3 Å². The molecule has 4 heterocycles. The molecule has 0 N–H and O–H groups in total. The van der Waals surface area contributed by atoms with Crippen molar-refractivity contribution in [3.05, 3.63) is 206 Å². The van der Waals surface area contributed by atoms with E-state index in [1.54, 1.807) is 11.3 Å². The molecule has 9 aromatic carbocycles. The van der Waals surface area contributed by atoms with Crippen LogP contribution in [0.3, 0.4) is 0 Å². The lowest BCUT2D eigenvalue weighted by molar-refractivity contribution is 0.669. The van der Waals surface area contributed by atoms with Gasteiger partial charge in [-0.25, -0.2) is 15.0 Å². The fourth-order valence-electron chi connectivity index (χ4n) is 9.42. The number of fused-ring (bicyclic) bond motifs is 9. The summed E-state index contributed by atoms with van der Waals surface area (Å²) in [5, 5.41) is 6.86. The predicted octanol–water partition coefficient (Wildman–Crippen LogP) is 15.6. The molecule has 0 aliphatic heterocycles. The zero-order valence-corrected chi connectivity index (χ0v) is 34.6. The zero-order valence-electron chi connectivity index (χ0n) is 33.7. The number of furan rings is 1. The summed E-state index contributed by atoms with van der Waals surface area (Å²) in [7, 11) is 0. The monoisotopic (exact) mass is 822 g/mol. The van der Waals surface area contributed by atoms with Crippen LogP contribution in [0.2, 0.25) is 0 Å². The van der Waals surface area contributed by atoms with E-state index >= 15 is 0 Å². The lowest BCUT2D eigenvalue weighted by atomic mass is 9.99. The van der Waals surface area contributed by atoms with E-state index in [-0.39, 0.29) is 0 Å². The van der Waals surface area contributed by atoms with Gasteiger partial charge in [-0.1, -0.05) is 164 Å². The molecule has 0 unspecified atom stereocenters. The molecule has 0 fully saturated rings. The summed E-state index contributed by atoms with van der Waals surface area (Å²) in [6, 6.07) is 72.5. The van der Waals surface area contributed by atoms with Gasteiger partial charge in [-0.2, -0.15) is 0 Å². The Balaban J connectivity index is 1.04. The smallest absolute Gasteiger partial charge is 0.164 e. The summed E-state index contributed by atoms with van der Waals surface area (Å²) in [5.41, 5.74) is 12.3. The molecule has 0 saturated carbocycles. The van der Waals surface area contributed by atoms with Gasteiger partial charge in [0, 0.05) is 53.0 Å². The maximum absolute atomic E-state index is 6.70. The normalized spacial score (nSPS) is 11.8. The minimum absolute atomic E-state index is 0.579. The van der Waals surface area contributed by atoms with Gasteiger partial charge in [0.05, 0.1) is 22.1 Å². The largest absolute Gasteiger partial charge is 0.456 e. The van der Waals surface area contributed by atoms with Crippen LogP contribution in [0.5, 0.6) is 0 Å². The summed E-state index contributed by atoms with van der Waals surface area (Å²) in [6.45, 7) is 0. The van der Waals surface area contributed by atoms with Crippen LogP contribution >= 0.6 is 11.3 Å². The Morgan fingerprint density at radius 3 is 1.65 bits per heavy atom. The highest BCUT2D eigenvalue weighted by atomic mass is 32.1. The van der Waals surface area contributed by atoms with E-state index in [4.69, 9.17) is 19.4 Å². The van der Waals surface area contributed by atoms with Crippen molar-refractivity contribution in [2.75, 3.05) is 0 Å². The average molecular weight is 823 g/mol. The maximum atomic E-state index is 6.70. The average Bonchev–Trinajstić information content (AvgIpc) is 4.04. The fraction of sp³-hybridized carbons (Fsp3) is 0. The quantitative estimate of drug-likeness (QED) is 0.168. The first-order chi connectivity index (χ1) is 31.2. The fourth-order valence-corrected chi connectivity index (χ4v) is 10.6. The van der Waals surface area contributed by atoms with E-state index < -0.39 is 0 Å². The molecule has 4 aromatic heterocycles. The molecule has 5 nitrogen and oxygen atoms in total. The summed E-state index contributed by atoms with van der Waals surface area (Å²) < 4.78 is 11.5. The molecule has 6 heteroatoms. The zero-order chi connectivity index (χ0) is 41.4. The van der Waals surface area contributed by atoms with Crippen molar-refractivity contribution in [3.63, 3.8) is 0 Å². The van der Waals surface area contributed by atoms with Crippen LogP contribution in [-0.4, -0.2) is 19.5 Å². The number of nitrogens with zero attached hydrogens (tertiary/aromatic N) is 4. The van der Waals surface area contributed by atoms with E-state index in [0.29, 0.717) is 17.5 Å². The summed E-state index contributed by atoms with van der Waals surface area (Å²) >= 11 is 1.80. The Bertz CT molecular complexity index is 3850. The summed E-state index contributed by atoms with van der Waals surface area (Å²) in [5.74, 6) is 1.79. The molecule has 63 heavy (non-hydrogen) atoms. The molecule has 0 saturated heterocycles. The van der Waals surface area contributed by atoms with E-state index in [2.05, 4.69) is 193 Å². The predicted molar refractivity (Wildman–Crippen MR) is 262 cm³/mol. The number of thiophene rings is 1. The third-order valence-electron chi connectivity index (χ3n) is 12.3. The number of para-hydroxylation sites is 2. The Kier molecular flexibility index (Phi) is 8.01. The Labute approximate surface area is 365 Å². The SMILES string of the molecule is c1ccc(-c2ccc(-c3nc(-c4ccc5c(c4)sc4cccc(-c6ccccc6)c45)nc(-c4cccc5oc6cccc(-n7c8ccccc8c8ccccc87)c6c45)n3)cc2)cc1. The maximum Gasteiger partial charge on any atom is 0.164 e. The molecular weight excluding hydrogens is 789 g/mol. The first-order valence-electron chi connectivity index (χ1n) is 21.1. The molecule has 0 bridgehead atoms. The Morgan fingerprint density at radius 1 is 0.349 bits per heavy atom. The van der Waals surface area contributed by atoms with Crippen molar-refractivity contribution >= 4 is 75.3 Å². The number of rotatable bonds is 6. The van der Waals surface area contributed by atoms with Gasteiger partial charge in [0.2, 0.25) is 0 Å². The third kappa shape index (κ3) is 5.73. The van der Waals surface area contributed by atoms with Crippen molar-refractivity contribution in [1.82, 2.24) is 19.5 Å². The van der Waals surface area contributed by atoms with Gasteiger partial charge in [0.25, 0.3) is 0 Å². The van der Waals surface area contributed by atoms with Gasteiger partial charge in [-0.3, -0.25) is 0 Å². The van der Waals surface area contributed by atoms with Gasteiger partial charge in [-0.05, 0) is 64.7 Å².